The van der Waals surface area contributed by atoms with Crippen LogP contribution in [-0.2, 0) is 16.0 Å². The predicted octanol–water partition coefficient (Wildman–Crippen LogP) is 4.80. The van der Waals surface area contributed by atoms with Crippen LogP contribution in [0.25, 0.3) is 11.0 Å². The molecule has 8 heteroatoms. The molecule has 1 saturated heterocycles. The number of carbonyl (C=O) groups excluding carboxylic acids is 2. The first-order valence-electron chi connectivity index (χ1n) is 14.6. The number of nitrogens with zero attached hydrogens (tertiary/aromatic N) is 3. The molecule has 3 atom stereocenters. The summed E-state index contributed by atoms with van der Waals surface area (Å²) in [7, 11) is 0. The van der Waals surface area contributed by atoms with E-state index in [-0.39, 0.29) is 35.4 Å². The van der Waals surface area contributed by atoms with E-state index >= 15 is 0 Å². The fraction of sp³-hybridized carbons (Fsp3) is 0.645. The van der Waals surface area contributed by atoms with Crippen LogP contribution in [0.1, 0.15) is 89.8 Å². The molecule has 1 saturated carbocycles. The molecule has 1 aromatic heterocycles. The average Bonchev–Trinajstić information content (AvgIpc) is 3.20. The summed E-state index contributed by atoms with van der Waals surface area (Å²) in [6.45, 7) is 8.60. The van der Waals surface area contributed by atoms with Gasteiger partial charge in [0, 0.05) is 19.4 Å². The van der Waals surface area contributed by atoms with E-state index in [1.807, 2.05) is 32.9 Å². The van der Waals surface area contributed by atoms with E-state index < -0.39 is 17.5 Å². The highest BCUT2D eigenvalue weighted by Crippen LogP contribution is 2.42. The van der Waals surface area contributed by atoms with Gasteiger partial charge in [-0.2, -0.15) is 5.26 Å². The minimum Gasteiger partial charge on any atom is -0.338 e. The highest BCUT2D eigenvalue weighted by molar-refractivity contribution is 5.89. The second-order valence-electron chi connectivity index (χ2n) is 12.4. The molecule has 3 unspecified atom stereocenters. The summed E-state index contributed by atoms with van der Waals surface area (Å²) in [6, 6.07) is 6.10. The number of benzene rings is 1. The summed E-state index contributed by atoms with van der Waals surface area (Å²) in [5, 5.41) is 12.7. The van der Waals surface area contributed by atoms with Crippen LogP contribution >= 0.6 is 0 Å². The van der Waals surface area contributed by atoms with Gasteiger partial charge in [-0.05, 0) is 54.7 Å². The van der Waals surface area contributed by atoms with Crippen molar-refractivity contribution in [3.05, 3.63) is 39.8 Å². The molecule has 2 amide bonds. The van der Waals surface area contributed by atoms with Gasteiger partial charge in [0.15, 0.2) is 0 Å². The SMILES string of the molecule is Cc1ccc2[nH]c(=O)c(CC(C#N)NC(=O)C3N(C(=O)CC4CCCCCCCC4)CC(C)C3(C)C)nc2c1. The van der Waals surface area contributed by atoms with Crippen molar-refractivity contribution in [3.63, 3.8) is 0 Å². The van der Waals surface area contributed by atoms with Crippen LogP contribution in [0.5, 0.6) is 0 Å². The fourth-order valence-electron chi connectivity index (χ4n) is 6.26. The average molecular weight is 534 g/mol. The molecule has 1 aliphatic heterocycles. The lowest BCUT2D eigenvalue weighted by Crippen LogP contribution is -2.54. The molecule has 1 aliphatic carbocycles. The third-order valence-corrected chi connectivity index (χ3v) is 9.05. The second kappa shape index (κ2) is 12.3. The Morgan fingerprint density at radius 2 is 1.85 bits per heavy atom. The zero-order chi connectivity index (χ0) is 28.2. The minimum atomic E-state index is -0.939. The molecule has 0 bridgehead atoms. The van der Waals surface area contributed by atoms with Crippen molar-refractivity contribution in [2.75, 3.05) is 6.54 Å². The Morgan fingerprint density at radius 1 is 1.18 bits per heavy atom. The van der Waals surface area contributed by atoms with Gasteiger partial charge in [0.25, 0.3) is 5.56 Å². The fourth-order valence-corrected chi connectivity index (χ4v) is 6.26. The lowest BCUT2D eigenvalue weighted by Gasteiger charge is -2.34. The number of likely N-dealkylation sites (tertiary alicyclic amines) is 1. The molecular weight excluding hydrogens is 490 g/mol. The normalized spacial score (nSPS) is 22.9. The quantitative estimate of drug-likeness (QED) is 0.553. The first kappa shape index (κ1) is 28.8. The van der Waals surface area contributed by atoms with Gasteiger partial charge < -0.3 is 15.2 Å². The van der Waals surface area contributed by atoms with E-state index in [0.29, 0.717) is 29.9 Å². The topological polar surface area (TPSA) is 119 Å². The molecule has 39 heavy (non-hydrogen) atoms. The Morgan fingerprint density at radius 3 is 2.51 bits per heavy atom. The van der Waals surface area contributed by atoms with Crippen molar-refractivity contribution in [3.8, 4) is 6.07 Å². The Kier molecular flexibility index (Phi) is 9.09. The van der Waals surface area contributed by atoms with Gasteiger partial charge in [-0.1, -0.05) is 65.4 Å². The Bertz CT molecular complexity index is 1280. The maximum absolute atomic E-state index is 13.7. The summed E-state index contributed by atoms with van der Waals surface area (Å²) < 4.78 is 0. The molecular formula is C31H43N5O3. The summed E-state index contributed by atoms with van der Waals surface area (Å²) in [6.07, 6.45) is 9.94. The van der Waals surface area contributed by atoms with Crippen LogP contribution < -0.4 is 10.9 Å². The largest absolute Gasteiger partial charge is 0.338 e. The summed E-state index contributed by atoms with van der Waals surface area (Å²) in [5.74, 6) is 0.186. The lowest BCUT2D eigenvalue weighted by molar-refractivity contribution is -0.141. The van der Waals surface area contributed by atoms with Crippen LogP contribution in [0.4, 0.5) is 0 Å². The first-order chi connectivity index (χ1) is 18.6. The molecule has 2 N–H and O–H groups in total. The maximum Gasteiger partial charge on any atom is 0.270 e. The number of carbonyl (C=O) groups is 2. The molecule has 4 rings (SSSR count). The number of aromatic nitrogens is 2. The molecule has 2 heterocycles. The maximum atomic E-state index is 13.7. The van der Waals surface area contributed by atoms with E-state index in [4.69, 9.17) is 0 Å². The van der Waals surface area contributed by atoms with E-state index in [1.54, 1.807) is 11.0 Å². The zero-order valence-electron chi connectivity index (χ0n) is 23.9. The van der Waals surface area contributed by atoms with Gasteiger partial charge in [0.1, 0.15) is 17.8 Å². The Hall–Kier alpha value is -3.21. The minimum absolute atomic E-state index is 0.0137. The monoisotopic (exact) mass is 533 g/mol. The number of H-pyrrole nitrogens is 1. The third kappa shape index (κ3) is 6.69. The summed E-state index contributed by atoms with van der Waals surface area (Å²) >= 11 is 0. The smallest absolute Gasteiger partial charge is 0.270 e. The molecule has 0 radical (unpaired) electrons. The van der Waals surface area contributed by atoms with E-state index in [0.717, 1.165) is 31.2 Å². The number of aryl methyl sites for hydroxylation is 1. The molecule has 1 aromatic carbocycles. The number of amides is 2. The van der Waals surface area contributed by atoms with E-state index in [2.05, 4.69) is 28.3 Å². The van der Waals surface area contributed by atoms with Crippen molar-refractivity contribution in [2.24, 2.45) is 17.3 Å². The lowest BCUT2D eigenvalue weighted by atomic mass is 9.77. The zero-order valence-corrected chi connectivity index (χ0v) is 23.9. The number of hydrogen-bond acceptors (Lipinski definition) is 5. The van der Waals surface area contributed by atoms with Crippen LogP contribution in [0, 0.1) is 35.5 Å². The van der Waals surface area contributed by atoms with Crippen LogP contribution in [-0.4, -0.2) is 45.3 Å². The molecule has 2 fully saturated rings. The third-order valence-electron chi connectivity index (χ3n) is 9.05. The van der Waals surface area contributed by atoms with Crippen molar-refractivity contribution in [1.82, 2.24) is 20.2 Å². The van der Waals surface area contributed by atoms with Gasteiger partial charge in [-0.15, -0.1) is 0 Å². The molecule has 2 aromatic rings. The van der Waals surface area contributed by atoms with Crippen molar-refractivity contribution >= 4 is 22.8 Å². The first-order valence-corrected chi connectivity index (χ1v) is 14.6. The van der Waals surface area contributed by atoms with Crippen LogP contribution in [0.3, 0.4) is 0 Å². The number of hydrogen-bond donors (Lipinski definition) is 2. The van der Waals surface area contributed by atoms with E-state index in [9.17, 15) is 19.6 Å². The van der Waals surface area contributed by atoms with Crippen molar-refractivity contribution < 1.29 is 9.59 Å². The van der Waals surface area contributed by atoms with Gasteiger partial charge in [0.05, 0.1) is 17.1 Å². The second-order valence-corrected chi connectivity index (χ2v) is 12.4. The number of aromatic amines is 1. The molecule has 210 valence electrons. The molecule has 2 aliphatic rings. The number of rotatable bonds is 6. The van der Waals surface area contributed by atoms with Crippen molar-refractivity contribution in [1.29, 1.82) is 5.26 Å². The predicted molar refractivity (Wildman–Crippen MR) is 152 cm³/mol. The molecule has 8 nitrogen and oxygen atoms in total. The van der Waals surface area contributed by atoms with Crippen molar-refractivity contribution in [2.45, 2.75) is 104 Å². The number of nitriles is 1. The van der Waals surface area contributed by atoms with Crippen LogP contribution in [0.2, 0.25) is 0 Å². The van der Waals surface area contributed by atoms with E-state index in [1.165, 1.54) is 25.7 Å². The molecule has 0 spiro atoms. The number of nitrogens with one attached hydrogen (secondary N) is 2. The van der Waals surface area contributed by atoms with Gasteiger partial charge >= 0.3 is 0 Å². The Labute approximate surface area is 231 Å². The van der Waals surface area contributed by atoms with Gasteiger partial charge in [-0.3, -0.25) is 14.4 Å². The highest BCUT2D eigenvalue weighted by Gasteiger charge is 2.51. The Balaban J connectivity index is 1.49. The van der Waals surface area contributed by atoms with Crippen LogP contribution in [0.15, 0.2) is 23.0 Å². The summed E-state index contributed by atoms with van der Waals surface area (Å²) in [4.78, 5) is 49.0. The standard InChI is InChI=1S/C31H43N5O3/c1-20-13-14-24-25(15-20)34-26(29(38)35-24)17-23(18-32)33-30(39)28-31(3,4)21(2)19-36(28)27(37)16-22-11-9-7-5-6-8-10-12-22/h13-15,21-23,28H,5-12,16-17,19H2,1-4H3,(H,33,39)(H,35,38). The highest BCUT2D eigenvalue weighted by atomic mass is 16.2. The summed E-state index contributed by atoms with van der Waals surface area (Å²) in [5.41, 5.74) is 1.65. The number of fused-ring (bicyclic) bond motifs is 1. The van der Waals surface area contributed by atoms with Gasteiger partial charge in [-0.25, -0.2) is 4.98 Å². The van der Waals surface area contributed by atoms with Gasteiger partial charge in [0.2, 0.25) is 11.8 Å².